The van der Waals surface area contributed by atoms with Gasteiger partial charge in [-0.2, -0.15) is 0 Å². The lowest BCUT2D eigenvalue weighted by atomic mass is 10.2. The maximum absolute atomic E-state index is 12.5. The number of esters is 1. The molecule has 180 valence electrons. The van der Waals surface area contributed by atoms with Gasteiger partial charge in [-0.15, -0.1) is 0 Å². The highest BCUT2D eigenvalue weighted by Crippen LogP contribution is 2.38. The van der Waals surface area contributed by atoms with Crippen molar-refractivity contribution in [3.05, 3.63) is 51.9 Å². The quantitative estimate of drug-likeness (QED) is 0.360. The Balaban J connectivity index is 1.78. The molecule has 2 aromatic rings. The average molecular weight is 505 g/mol. The molecule has 1 fully saturated rings. The Kier molecular flexibility index (Phi) is 9.24. The van der Waals surface area contributed by atoms with Crippen molar-refractivity contribution in [1.29, 1.82) is 0 Å². The van der Waals surface area contributed by atoms with E-state index in [9.17, 15) is 9.59 Å². The number of nitrogens with one attached hydrogen (secondary N) is 1. The summed E-state index contributed by atoms with van der Waals surface area (Å²) >= 11 is 7.61. The first-order chi connectivity index (χ1) is 16.4. The number of hydrogen-bond donors (Lipinski definition) is 1. The highest BCUT2D eigenvalue weighted by molar-refractivity contribution is 8.18. The van der Waals surface area contributed by atoms with E-state index in [1.54, 1.807) is 25.1 Å². The number of amides is 1. The molecule has 8 nitrogen and oxygen atoms in total. The van der Waals surface area contributed by atoms with Crippen LogP contribution in [0.15, 0.2) is 46.3 Å². The van der Waals surface area contributed by atoms with Gasteiger partial charge in [-0.3, -0.25) is 4.79 Å². The highest BCUT2D eigenvalue weighted by Gasteiger charge is 2.24. The fraction of sp³-hybridized carbons (Fsp3) is 0.292. The van der Waals surface area contributed by atoms with Crippen LogP contribution in [0.2, 0.25) is 5.02 Å². The van der Waals surface area contributed by atoms with Crippen LogP contribution < -0.4 is 19.5 Å². The maximum Gasteiger partial charge on any atom is 0.344 e. The van der Waals surface area contributed by atoms with Crippen LogP contribution in [0.3, 0.4) is 0 Å². The van der Waals surface area contributed by atoms with Gasteiger partial charge in [0.25, 0.3) is 5.91 Å². The van der Waals surface area contributed by atoms with E-state index < -0.39 is 5.97 Å². The van der Waals surface area contributed by atoms with Crippen LogP contribution in [0.1, 0.15) is 26.3 Å². The van der Waals surface area contributed by atoms with Crippen molar-refractivity contribution in [2.45, 2.75) is 20.8 Å². The lowest BCUT2D eigenvalue weighted by Gasteiger charge is -2.14. The number of rotatable bonds is 10. The predicted octanol–water partition coefficient (Wildman–Crippen LogP) is 4.97. The summed E-state index contributed by atoms with van der Waals surface area (Å²) in [5.74, 6) is 0.571. The van der Waals surface area contributed by atoms with E-state index in [0.29, 0.717) is 40.3 Å². The Hall–Kier alpha value is -3.17. The van der Waals surface area contributed by atoms with Gasteiger partial charge in [0.15, 0.2) is 23.3 Å². The Labute approximate surface area is 207 Å². The summed E-state index contributed by atoms with van der Waals surface area (Å²) < 4.78 is 21.5. The number of nitrogens with zero attached hydrogens (tertiary/aromatic N) is 1. The Morgan fingerprint density at radius 3 is 2.47 bits per heavy atom. The predicted molar refractivity (Wildman–Crippen MR) is 133 cm³/mol. The van der Waals surface area contributed by atoms with Gasteiger partial charge in [-0.05, 0) is 80.6 Å². The van der Waals surface area contributed by atoms with Crippen LogP contribution in [0, 0.1) is 0 Å². The van der Waals surface area contributed by atoms with Crippen LogP contribution >= 0.6 is 23.4 Å². The molecule has 0 radical (unpaired) electrons. The highest BCUT2D eigenvalue weighted by atomic mass is 35.5. The lowest BCUT2D eigenvalue weighted by molar-refractivity contribution is -0.145. The normalized spacial score (nSPS) is 15.4. The van der Waals surface area contributed by atoms with Gasteiger partial charge in [0.1, 0.15) is 5.75 Å². The van der Waals surface area contributed by atoms with E-state index in [0.717, 1.165) is 5.75 Å². The number of benzene rings is 2. The molecule has 0 unspecified atom stereocenters. The van der Waals surface area contributed by atoms with Crippen LogP contribution in [-0.2, 0) is 14.3 Å². The van der Waals surface area contributed by atoms with Crippen molar-refractivity contribution in [3.8, 4) is 17.2 Å². The van der Waals surface area contributed by atoms with Crippen molar-refractivity contribution in [3.63, 3.8) is 0 Å². The van der Waals surface area contributed by atoms with E-state index in [4.69, 9.17) is 30.5 Å². The van der Waals surface area contributed by atoms with Crippen molar-refractivity contribution < 1.29 is 28.5 Å². The summed E-state index contributed by atoms with van der Waals surface area (Å²) in [7, 11) is 0. The molecule has 1 heterocycles. The van der Waals surface area contributed by atoms with Crippen molar-refractivity contribution in [2.24, 2.45) is 4.99 Å². The second-order valence-corrected chi connectivity index (χ2v) is 8.20. The number of carbonyl (C=O) groups is 2. The second-order valence-electron chi connectivity index (χ2n) is 6.77. The number of carbonyl (C=O) groups excluding carboxylic acids is 2. The molecule has 10 heteroatoms. The van der Waals surface area contributed by atoms with Crippen LogP contribution in [0.5, 0.6) is 17.2 Å². The van der Waals surface area contributed by atoms with Crippen LogP contribution in [0.25, 0.3) is 6.08 Å². The van der Waals surface area contributed by atoms with Gasteiger partial charge in [0.2, 0.25) is 0 Å². The monoisotopic (exact) mass is 504 g/mol. The zero-order valence-corrected chi connectivity index (χ0v) is 20.6. The van der Waals surface area contributed by atoms with Gasteiger partial charge in [-0.1, -0.05) is 11.6 Å². The molecule has 3 rings (SSSR count). The first-order valence-corrected chi connectivity index (χ1v) is 11.9. The molecule has 2 aromatic carbocycles. The molecule has 0 bridgehead atoms. The fourth-order valence-corrected chi connectivity index (χ4v) is 4.06. The van der Waals surface area contributed by atoms with Gasteiger partial charge in [0.05, 0.1) is 35.4 Å². The summed E-state index contributed by atoms with van der Waals surface area (Å²) in [6.07, 6.45) is 1.68. The van der Waals surface area contributed by atoms with Crippen molar-refractivity contribution in [1.82, 2.24) is 5.32 Å². The average Bonchev–Trinajstić information content (AvgIpc) is 3.13. The second kappa shape index (κ2) is 12.3. The van der Waals surface area contributed by atoms with E-state index in [-0.39, 0.29) is 29.9 Å². The van der Waals surface area contributed by atoms with Gasteiger partial charge < -0.3 is 24.3 Å². The molecule has 0 saturated carbocycles. The first-order valence-electron chi connectivity index (χ1n) is 10.7. The van der Waals surface area contributed by atoms with E-state index >= 15 is 0 Å². The number of thioether (sulfide) groups is 1. The molecule has 1 N–H and O–H groups in total. The molecule has 1 aliphatic rings. The minimum Gasteiger partial charge on any atom is -0.494 e. The molecular formula is C24H25ClN2O6S. The largest absolute Gasteiger partial charge is 0.494 e. The summed E-state index contributed by atoms with van der Waals surface area (Å²) in [5.41, 5.74) is 1.33. The van der Waals surface area contributed by atoms with Gasteiger partial charge >= 0.3 is 5.97 Å². The Morgan fingerprint density at radius 1 is 1.06 bits per heavy atom. The Bertz CT molecular complexity index is 1100. The zero-order chi connectivity index (χ0) is 24.5. The van der Waals surface area contributed by atoms with Crippen molar-refractivity contribution >= 4 is 52.2 Å². The van der Waals surface area contributed by atoms with Gasteiger partial charge in [-0.25, -0.2) is 9.79 Å². The summed E-state index contributed by atoms with van der Waals surface area (Å²) in [4.78, 5) is 29.0. The molecule has 1 saturated heterocycles. The van der Waals surface area contributed by atoms with Crippen LogP contribution in [-0.4, -0.2) is 43.5 Å². The third kappa shape index (κ3) is 6.91. The number of aliphatic imine (C=N–C) groups is 1. The SMILES string of the molecule is CCOC(=O)COc1c(Cl)cc(/C=C2/SC(=Nc3ccc(OCC)cc3)NC2=O)cc1OCC. The maximum atomic E-state index is 12.5. The minimum absolute atomic E-state index is 0.236. The van der Waals surface area contributed by atoms with E-state index in [1.165, 1.54) is 11.8 Å². The molecule has 0 atom stereocenters. The molecule has 1 aliphatic heterocycles. The molecule has 34 heavy (non-hydrogen) atoms. The lowest BCUT2D eigenvalue weighted by Crippen LogP contribution is -2.19. The number of ether oxygens (including phenoxy) is 4. The number of amidine groups is 1. The molecule has 0 aliphatic carbocycles. The number of halogens is 1. The van der Waals surface area contributed by atoms with Crippen LogP contribution in [0.4, 0.5) is 5.69 Å². The minimum atomic E-state index is -0.509. The molecule has 0 aromatic heterocycles. The van der Waals surface area contributed by atoms with E-state index in [2.05, 4.69) is 10.3 Å². The molecular weight excluding hydrogens is 480 g/mol. The first kappa shape index (κ1) is 25.5. The van der Waals surface area contributed by atoms with E-state index in [1.807, 2.05) is 38.1 Å². The van der Waals surface area contributed by atoms with Gasteiger partial charge in [0, 0.05) is 0 Å². The van der Waals surface area contributed by atoms with Crippen molar-refractivity contribution in [2.75, 3.05) is 26.4 Å². The fourth-order valence-electron chi connectivity index (χ4n) is 2.94. The Morgan fingerprint density at radius 2 is 1.79 bits per heavy atom. The zero-order valence-electron chi connectivity index (χ0n) is 19.1. The molecule has 1 amide bonds. The topological polar surface area (TPSA) is 95.5 Å². The third-order valence-corrected chi connectivity index (χ3v) is 5.49. The molecule has 0 spiro atoms. The number of hydrogen-bond acceptors (Lipinski definition) is 8. The smallest absolute Gasteiger partial charge is 0.344 e. The summed E-state index contributed by atoms with van der Waals surface area (Å²) in [6.45, 7) is 6.35. The third-order valence-electron chi connectivity index (χ3n) is 4.30. The summed E-state index contributed by atoms with van der Waals surface area (Å²) in [6, 6.07) is 10.6. The summed E-state index contributed by atoms with van der Waals surface area (Å²) in [5, 5.41) is 3.47. The standard InChI is InChI=1S/C24H25ClN2O6S/c1-4-30-17-9-7-16(8-10-17)26-24-27-23(29)20(34-24)13-15-11-18(25)22(19(12-15)31-5-2)33-14-21(28)32-6-3/h7-13H,4-6,14H2,1-3H3,(H,26,27,29)/b20-13+.